The normalized spacial score (nSPS) is 24.0. The van der Waals surface area contributed by atoms with Gasteiger partial charge in [-0.3, -0.25) is 14.4 Å². The number of allylic oxidation sites excluding steroid dienone is 2. The molecule has 1 aliphatic heterocycles. The summed E-state index contributed by atoms with van der Waals surface area (Å²) in [5, 5.41) is 7.86. The van der Waals surface area contributed by atoms with Crippen LogP contribution < -0.4 is 14.8 Å². The molecular weight excluding hydrogens is 580 g/mol. The van der Waals surface area contributed by atoms with Gasteiger partial charge in [-0.25, -0.2) is 4.39 Å². The number of ether oxygens (including phenoxy) is 2. The Morgan fingerprint density at radius 2 is 1.81 bits per heavy atom. The second-order valence-electron chi connectivity index (χ2n) is 8.84. The minimum absolute atomic E-state index is 0.124. The number of nitrogens with one attached hydrogen (secondary N) is 1. The Bertz CT molecular complexity index is 1250. The van der Waals surface area contributed by atoms with E-state index in [1.54, 1.807) is 12.1 Å². The highest BCUT2D eigenvalue weighted by Crippen LogP contribution is 2.52. The molecule has 2 aliphatic carbocycles. The number of amides is 3. The van der Waals surface area contributed by atoms with Gasteiger partial charge in [0.15, 0.2) is 18.1 Å². The lowest BCUT2D eigenvalue weighted by molar-refractivity contribution is -0.140. The van der Waals surface area contributed by atoms with Crippen LogP contribution in [0.4, 0.5) is 10.1 Å². The SMILES string of the molecule is CCOc1cc(C=NN2C(=O)[C@@H]3[C@H](C2=O)[C@H]2C=C[C@H]3C2)cc(I)c1OCC(=O)Nc1ccc(F)cc1. The minimum Gasteiger partial charge on any atom is -0.490 e. The predicted octanol–water partition coefficient (Wildman–Crippen LogP) is 3.99. The molecule has 0 radical (unpaired) electrons. The number of hydrogen-bond donors (Lipinski definition) is 1. The Morgan fingerprint density at radius 3 is 2.44 bits per heavy atom. The van der Waals surface area contributed by atoms with Gasteiger partial charge in [0.2, 0.25) is 0 Å². The van der Waals surface area contributed by atoms with E-state index < -0.39 is 11.7 Å². The molecule has 186 valence electrons. The van der Waals surface area contributed by atoms with E-state index in [4.69, 9.17) is 9.47 Å². The van der Waals surface area contributed by atoms with Crippen LogP contribution in [-0.4, -0.2) is 42.2 Å². The molecule has 2 fully saturated rings. The van der Waals surface area contributed by atoms with E-state index in [9.17, 15) is 18.8 Å². The summed E-state index contributed by atoms with van der Waals surface area (Å²) in [4.78, 5) is 38.0. The maximum absolute atomic E-state index is 13.1. The number of carbonyl (C=O) groups is 3. The van der Waals surface area contributed by atoms with Gasteiger partial charge in [-0.1, -0.05) is 12.2 Å². The fourth-order valence-corrected chi connectivity index (χ4v) is 5.84. The summed E-state index contributed by atoms with van der Waals surface area (Å²) in [5.41, 5.74) is 1.07. The number of hydrogen-bond acceptors (Lipinski definition) is 6. The van der Waals surface area contributed by atoms with Crippen molar-refractivity contribution in [2.45, 2.75) is 13.3 Å². The number of halogens is 2. The lowest BCUT2D eigenvalue weighted by Crippen LogP contribution is -2.28. The van der Waals surface area contributed by atoms with Gasteiger partial charge >= 0.3 is 0 Å². The lowest BCUT2D eigenvalue weighted by Gasteiger charge is -2.15. The van der Waals surface area contributed by atoms with Gasteiger partial charge in [0.05, 0.1) is 28.2 Å². The maximum Gasteiger partial charge on any atom is 0.262 e. The molecule has 2 aromatic rings. The number of anilines is 1. The first-order valence-corrected chi connectivity index (χ1v) is 12.7. The molecule has 0 aromatic heterocycles. The third kappa shape index (κ3) is 4.61. The molecule has 10 heteroatoms. The molecule has 2 aromatic carbocycles. The zero-order valence-electron chi connectivity index (χ0n) is 19.3. The van der Waals surface area contributed by atoms with Crippen LogP contribution in [0.3, 0.4) is 0 Å². The predicted molar refractivity (Wildman–Crippen MR) is 138 cm³/mol. The Hall–Kier alpha value is -3.28. The molecule has 1 saturated heterocycles. The van der Waals surface area contributed by atoms with E-state index in [2.05, 4.69) is 33.0 Å². The molecule has 5 rings (SSSR count). The van der Waals surface area contributed by atoms with Crippen molar-refractivity contribution in [3.05, 3.63) is 63.5 Å². The largest absolute Gasteiger partial charge is 0.490 e. The van der Waals surface area contributed by atoms with E-state index in [1.807, 2.05) is 19.1 Å². The minimum atomic E-state index is -0.412. The highest BCUT2D eigenvalue weighted by molar-refractivity contribution is 14.1. The average Bonchev–Trinajstić information content (AvgIpc) is 3.53. The van der Waals surface area contributed by atoms with Crippen molar-refractivity contribution in [1.82, 2.24) is 5.01 Å². The van der Waals surface area contributed by atoms with Crippen LogP contribution in [0.5, 0.6) is 11.5 Å². The first-order valence-electron chi connectivity index (χ1n) is 11.6. The number of hydrazone groups is 1. The van der Waals surface area contributed by atoms with E-state index >= 15 is 0 Å². The number of imide groups is 1. The molecule has 4 atom stereocenters. The van der Waals surface area contributed by atoms with E-state index in [-0.39, 0.29) is 42.1 Å². The number of nitrogens with zero attached hydrogens (tertiary/aromatic N) is 2. The molecular formula is C26H23FIN3O5. The summed E-state index contributed by atoms with van der Waals surface area (Å²) < 4.78 is 25.2. The first-order chi connectivity index (χ1) is 17.4. The number of rotatable bonds is 8. The first kappa shape index (κ1) is 24.4. The van der Waals surface area contributed by atoms with E-state index in [0.29, 0.717) is 32.9 Å². The molecule has 1 N–H and O–H groups in total. The summed E-state index contributed by atoms with van der Waals surface area (Å²) in [5.74, 6) is -0.874. The fourth-order valence-electron chi connectivity index (χ4n) is 5.06. The van der Waals surface area contributed by atoms with Crippen LogP contribution in [-0.2, 0) is 14.4 Å². The van der Waals surface area contributed by atoms with Crippen molar-refractivity contribution < 1.29 is 28.2 Å². The Balaban J connectivity index is 1.28. The summed E-state index contributed by atoms with van der Waals surface area (Å²) >= 11 is 2.06. The quantitative estimate of drug-likeness (QED) is 0.213. The molecule has 2 bridgehead atoms. The molecule has 3 amide bonds. The van der Waals surface area contributed by atoms with E-state index in [1.165, 1.54) is 30.5 Å². The Kier molecular flexibility index (Phi) is 6.78. The van der Waals surface area contributed by atoms with Crippen molar-refractivity contribution >= 4 is 52.2 Å². The van der Waals surface area contributed by atoms with Crippen LogP contribution in [0.15, 0.2) is 53.7 Å². The lowest BCUT2D eigenvalue weighted by atomic mass is 9.85. The van der Waals surface area contributed by atoms with Crippen molar-refractivity contribution in [3.8, 4) is 11.5 Å². The maximum atomic E-state index is 13.1. The van der Waals surface area contributed by atoms with Gasteiger partial charge in [-0.05, 0) is 89.7 Å². The standard InChI is InChI=1S/C26H23FIN3O5/c1-2-35-20-10-14(12-29-31-25(33)22-15-3-4-16(11-15)23(22)26(31)34)9-19(28)24(20)36-13-21(32)30-18-7-5-17(27)6-8-18/h3-10,12,15-16,22-23H,2,11,13H2,1H3,(H,30,32)/t15-,16-,22-,23+/m0/s1. The average molecular weight is 603 g/mol. The zero-order chi connectivity index (χ0) is 25.4. The highest BCUT2D eigenvalue weighted by Gasteiger charge is 2.59. The van der Waals surface area contributed by atoms with Gasteiger partial charge < -0.3 is 14.8 Å². The fraction of sp³-hybridized carbons (Fsp3) is 0.308. The van der Waals surface area contributed by atoms with Gasteiger partial charge in [-0.15, -0.1) is 0 Å². The van der Waals surface area contributed by atoms with Crippen molar-refractivity contribution in [1.29, 1.82) is 0 Å². The second-order valence-corrected chi connectivity index (χ2v) is 10.0. The number of carbonyl (C=O) groups excluding carboxylic acids is 3. The number of benzene rings is 2. The van der Waals surface area contributed by atoms with Crippen molar-refractivity contribution in [2.75, 3.05) is 18.5 Å². The Morgan fingerprint density at radius 1 is 1.14 bits per heavy atom. The highest BCUT2D eigenvalue weighted by atomic mass is 127. The molecule has 0 unspecified atom stereocenters. The molecule has 8 nitrogen and oxygen atoms in total. The van der Waals surface area contributed by atoms with Crippen LogP contribution in [0.2, 0.25) is 0 Å². The summed E-state index contributed by atoms with van der Waals surface area (Å²) in [7, 11) is 0. The molecule has 0 spiro atoms. The van der Waals surface area contributed by atoms with Crippen molar-refractivity contribution in [3.63, 3.8) is 0 Å². The molecule has 3 aliphatic rings. The van der Waals surface area contributed by atoms with Gasteiger partial charge in [0, 0.05) is 5.69 Å². The van der Waals surface area contributed by atoms with Crippen molar-refractivity contribution in [2.24, 2.45) is 28.8 Å². The van der Waals surface area contributed by atoms with Crippen LogP contribution in [0, 0.1) is 33.1 Å². The van der Waals surface area contributed by atoms with Gasteiger partial charge in [-0.2, -0.15) is 10.1 Å². The zero-order valence-corrected chi connectivity index (χ0v) is 21.5. The third-order valence-corrected chi connectivity index (χ3v) is 7.38. The molecule has 1 heterocycles. The van der Waals surface area contributed by atoms with Crippen LogP contribution in [0.1, 0.15) is 18.9 Å². The van der Waals surface area contributed by atoms with E-state index in [0.717, 1.165) is 11.4 Å². The van der Waals surface area contributed by atoms with Crippen LogP contribution >= 0.6 is 22.6 Å². The number of fused-ring (bicyclic) bond motifs is 5. The summed E-state index contributed by atoms with van der Waals surface area (Å²) in [6.45, 7) is 1.90. The van der Waals surface area contributed by atoms with Crippen LogP contribution in [0.25, 0.3) is 0 Å². The second kappa shape index (κ2) is 10.00. The summed E-state index contributed by atoms with van der Waals surface area (Å²) in [6, 6.07) is 8.87. The third-order valence-electron chi connectivity index (χ3n) is 6.58. The molecule has 1 saturated carbocycles. The molecule has 36 heavy (non-hydrogen) atoms. The smallest absolute Gasteiger partial charge is 0.262 e. The van der Waals surface area contributed by atoms with Gasteiger partial charge in [0.25, 0.3) is 17.7 Å². The summed E-state index contributed by atoms with van der Waals surface area (Å²) in [6.07, 6.45) is 6.41. The van der Waals surface area contributed by atoms with Gasteiger partial charge in [0.1, 0.15) is 5.82 Å². The Labute approximate surface area is 220 Å². The topological polar surface area (TPSA) is 97.3 Å². The monoisotopic (exact) mass is 603 g/mol.